The van der Waals surface area contributed by atoms with Gasteiger partial charge in [-0.3, -0.25) is 4.90 Å². The molecule has 6 nitrogen and oxygen atoms in total. The van der Waals surface area contributed by atoms with Crippen molar-refractivity contribution in [3.05, 3.63) is 89.1 Å². The summed E-state index contributed by atoms with van der Waals surface area (Å²) in [6, 6.07) is 20.5. The number of aromatic nitrogens is 1. The Balaban J connectivity index is 1.31. The van der Waals surface area contributed by atoms with Crippen molar-refractivity contribution in [1.29, 1.82) is 0 Å². The first-order valence-electron chi connectivity index (χ1n) is 12.4. The van der Waals surface area contributed by atoms with Crippen LogP contribution in [0.15, 0.2) is 66.9 Å². The van der Waals surface area contributed by atoms with Crippen LogP contribution in [0.1, 0.15) is 47.8 Å². The minimum atomic E-state index is -0.316. The number of rotatable bonds is 9. The minimum Gasteiger partial charge on any atom is -0.489 e. The number of pyridine rings is 1. The zero-order chi connectivity index (χ0) is 24.6. The zero-order valence-corrected chi connectivity index (χ0v) is 20.9. The van der Waals surface area contributed by atoms with Crippen LogP contribution in [0.3, 0.4) is 0 Å². The average Bonchev–Trinajstić information content (AvgIpc) is 2.88. The molecule has 1 aliphatic rings. The van der Waals surface area contributed by atoms with Crippen molar-refractivity contribution in [2.24, 2.45) is 0 Å². The zero-order valence-electron chi connectivity index (χ0n) is 20.9. The summed E-state index contributed by atoms with van der Waals surface area (Å²) in [5, 5.41) is 0. The van der Waals surface area contributed by atoms with Crippen LogP contribution in [-0.4, -0.2) is 48.1 Å². The maximum absolute atomic E-state index is 12.5. The summed E-state index contributed by atoms with van der Waals surface area (Å²) in [4.78, 5) is 21.6. The fourth-order valence-electron chi connectivity index (χ4n) is 4.23. The number of hydrogen-bond acceptors (Lipinski definition) is 6. The predicted octanol–water partition coefficient (Wildman–Crippen LogP) is 5.11. The number of esters is 1. The predicted molar refractivity (Wildman–Crippen MR) is 139 cm³/mol. The van der Waals surface area contributed by atoms with E-state index < -0.39 is 0 Å². The van der Waals surface area contributed by atoms with Crippen LogP contribution < -0.4 is 9.64 Å². The van der Waals surface area contributed by atoms with Gasteiger partial charge in [0.15, 0.2) is 0 Å². The summed E-state index contributed by atoms with van der Waals surface area (Å²) < 4.78 is 11.5. The lowest BCUT2D eigenvalue weighted by Crippen LogP contribution is -2.46. The molecule has 6 heteroatoms. The molecule has 35 heavy (non-hydrogen) atoms. The number of anilines is 1. The quantitative estimate of drug-likeness (QED) is 0.403. The molecule has 0 aliphatic carbocycles. The van der Waals surface area contributed by atoms with Crippen molar-refractivity contribution in [1.82, 2.24) is 9.88 Å². The number of hydrogen-bond donors (Lipinski definition) is 0. The van der Waals surface area contributed by atoms with Gasteiger partial charge in [0.05, 0.1) is 6.10 Å². The summed E-state index contributed by atoms with van der Waals surface area (Å²) in [6.45, 7) is 10.7. The lowest BCUT2D eigenvalue weighted by molar-refractivity contribution is 0.0378. The van der Waals surface area contributed by atoms with Crippen LogP contribution in [0, 0.1) is 0 Å². The van der Waals surface area contributed by atoms with E-state index >= 15 is 0 Å². The van der Waals surface area contributed by atoms with Crippen LogP contribution in [0.4, 0.5) is 5.82 Å². The fraction of sp³-hybridized carbons (Fsp3) is 0.379. The van der Waals surface area contributed by atoms with Gasteiger partial charge in [0.2, 0.25) is 0 Å². The van der Waals surface area contributed by atoms with Crippen LogP contribution in [0.25, 0.3) is 0 Å². The summed E-state index contributed by atoms with van der Waals surface area (Å²) in [6.07, 6.45) is 2.62. The molecule has 0 saturated carbocycles. The van der Waals surface area contributed by atoms with Gasteiger partial charge in [-0.25, -0.2) is 9.78 Å². The SMILES string of the molecule is CCc1ccc(COc2cccc(CN3CCN(c4ncccc4C(=O)OC(C)C)CC3)c2)cc1. The number of ether oxygens (including phenoxy) is 2. The van der Waals surface area contributed by atoms with Gasteiger partial charge < -0.3 is 14.4 Å². The van der Waals surface area contributed by atoms with Crippen molar-refractivity contribution in [3.8, 4) is 5.75 Å². The maximum atomic E-state index is 12.5. The molecule has 0 atom stereocenters. The highest BCUT2D eigenvalue weighted by molar-refractivity contribution is 5.94. The fourth-order valence-corrected chi connectivity index (χ4v) is 4.23. The summed E-state index contributed by atoms with van der Waals surface area (Å²) in [5.41, 5.74) is 4.28. The standard InChI is InChI=1S/C29H35N3O3/c1-4-23-10-12-24(13-11-23)21-34-26-8-5-7-25(19-26)20-31-15-17-32(18-16-31)28-27(9-6-14-30-28)29(33)35-22(2)3/h5-14,19,22H,4,15-18,20-21H2,1-3H3. The Kier molecular flexibility index (Phi) is 8.37. The number of piperazine rings is 1. The molecule has 4 rings (SSSR count). The molecule has 1 aromatic heterocycles. The Bertz CT molecular complexity index is 1110. The number of benzene rings is 2. The van der Waals surface area contributed by atoms with Gasteiger partial charge in [-0.1, -0.05) is 43.3 Å². The highest BCUT2D eigenvalue weighted by atomic mass is 16.5. The van der Waals surface area contributed by atoms with E-state index in [1.165, 1.54) is 16.7 Å². The van der Waals surface area contributed by atoms with Crippen molar-refractivity contribution < 1.29 is 14.3 Å². The largest absolute Gasteiger partial charge is 0.489 e. The molecule has 2 heterocycles. The molecular formula is C29H35N3O3. The van der Waals surface area contributed by atoms with Crippen LogP contribution in [0.2, 0.25) is 0 Å². The number of carbonyl (C=O) groups excluding carboxylic acids is 1. The molecule has 0 amide bonds. The van der Waals surface area contributed by atoms with Gasteiger partial charge in [-0.05, 0) is 61.2 Å². The van der Waals surface area contributed by atoms with Crippen molar-refractivity contribution in [2.75, 3.05) is 31.1 Å². The molecule has 0 spiro atoms. The van der Waals surface area contributed by atoms with E-state index in [0.717, 1.165) is 44.9 Å². The van der Waals surface area contributed by atoms with Gasteiger partial charge in [0, 0.05) is 38.9 Å². The average molecular weight is 474 g/mol. The Morgan fingerprint density at radius 3 is 2.40 bits per heavy atom. The summed E-state index contributed by atoms with van der Waals surface area (Å²) in [5.74, 6) is 1.28. The maximum Gasteiger partial charge on any atom is 0.342 e. The van der Waals surface area contributed by atoms with Gasteiger partial charge in [-0.15, -0.1) is 0 Å². The monoisotopic (exact) mass is 473 g/mol. The Hall–Kier alpha value is -3.38. The molecule has 0 N–H and O–H groups in total. The molecule has 2 aromatic carbocycles. The smallest absolute Gasteiger partial charge is 0.342 e. The second-order valence-electron chi connectivity index (χ2n) is 9.20. The molecule has 1 fully saturated rings. The third-order valence-corrected chi connectivity index (χ3v) is 6.16. The first-order valence-corrected chi connectivity index (χ1v) is 12.4. The van der Waals surface area contributed by atoms with Gasteiger partial charge in [-0.2, -0.15) is 0 Å². The van der Waals surface area contributed by atoms with E-state index in [4.69, 9.17) is 9.47 Å². The second kappa shape index (κ2) is 11.8. The minimum absolute atomic E-state index is 0.159. The summed E-state index contributed by atoms with van der Waals surface area (Å²) >= 11 is 0. The lowest BCUT2D eigenvalue weighted by atomic mass is 10.1. The first-order chi connectivity index (χ1) is 17.0. The molecule has 1 saturated heterocycles. The first kappa shape index (κ1) is 24.7. The van der Waals surface area contributed by atoms with Crippen LogP contribution in [0.5, 0.6) is 5.75 Å². The Morgan fingerprint density at radius 1 is 0.943 bits per heavy atom. The number of aryl methyl sites for hydroxylation is 1. The van der Waals surface area contributed by atoms with Crippen molar-refractivity contribution in [3.63, 3.8) is 0 Å². The lowest BCUT2D eigenvalue weighted by Gasteiger charge is -2.36. The number of carbonyl (C=O) groups is 1. The second-order valence-corrected chi connectivity index (χ2v) is 9.20. The van der Waals surface area contributed by atoms with Crippen molar-refractivity contribution in [2.45, 2.75) is 46.4 Å². The van der Waals surface area contributed by atoms with Gasteiger partial charge in [0.1, 0.15) is 23.7 Å². The van der Waals surface area contributed by atoms with E-state index in [2.05, 4.69) is 64.2 Å². The highest BCUT2D eigenvalue weighted by Gasteiger charge is 2.23. The molecule has 0 radical (unpaired) electrons. The molecule has 1 aliphatic heterocycles. The van der Waals surface area contributed by atoms with E-state index in [0.29, 0.717) is 18.0 Å². The normalized spacial score (nSPS) is 14.2. The van der Waals surface area contributed by atoms with Gasteiger partial charge in [0.25, 0.3) is 0 Å². The van der Waals surface area contributed by atoms with Crippen molar-refractivity contribution >= 4 is 11.8 Å². The van der Waals surface area contributed by atoms with Crippen LogP contribution in [-0.2, 0) is 24.3 Å². The molecule has 0 unspecified atom stereocenters. The van der Waals surface area contributed by atoms with Crippen LogP contribution >= 0.6 is 0 Å². The van der Waals surface area contributed by atoms with E-state index in [9.17, 15) is 4.79 Å². The summed E-state index contributed by atoms with van der Waals surface area (Å²) in [7, 11) is 0. The molecular weight excluding hydrogens is 438 g/mol. The highest BCUT2D eigenvalue weighted by Crippen LogP contribution is 2.22. The van der Waals surface area contributed by atoms with E-state index in [1.807, 2.05) is 19.9 Å². The third kappa shape index (κ3) is 6.83. The molecule has 3 aromatic rings. The van der Waals surface area contributed by atoms with Gasteiger partial charge >= 0.3 is 5.97 Å². The Morgan fingerprint density at radius 2 is 1.69 bits per heavy atom. The molecule has 0 bridgehead atoms. The number of nitrogens with zero attached hydrogens (tertiary/aromatic N) is 3. The topological polar surface area (TPSA) is 54.9 Å². The third-order valence-electron chi connectivity index (χ3n) is 6.16. The van der Waals surface area contributed by atoms with E-state index in [-0.39, 0.29) is 12.1 Å². The Labute approximate surface area is 208 Å². The molecule has 184 valence electrons. The van der Waals surface area contributed by atoms with E-state index in [1.54, 1.807) is 18.3 Å².